The number of anilines is 2. The Morgan fingerprint density at radius 3 is 2.63 bits per heavy atom. The smallest absolute Gasteiger partial charge is 0.249 e. The van der Waals surface area contributed by atoms with Gasteiger partial charge in [-0.1, -0.05) is 35.9 Å². The lowest BCUT2D eigenvalue weighted by Gasteiger charge is -2.09. The van der Waals surface area contributed by atoms with Crippen molar-refractivity contribution in [3.05, 3.63) is 83.4 Å². The molecule has 3 aromatic carbocycles. The quantitative estimate of drug-likeness (QED) is 0.140. The van der Waals surface area contributed by atoms with E-state index in [1.54, 1.807) is 31.4 Å². The molecule has 0 aliphatic carbocycles. The molecule has 0 bridgehead atoms. The van der Waals surface area contributed by atoms with Crippen molar-refractivity contribution in [3.8, 4) is 11.8 Å². The average molecular weight is 489 g/mol. The van der Waals surface area contributed by atoms with Crippen LogP contribution in [0.25, 0.3) is 0 Å². The maximum absolute atomic E-state index is 11.7. The van der Waals surface area contributed by atoms with Crippen LogP contribution in [0.15, 0.2) is 76.5 Å². The van der Waals surface area contributed by atoms with Crippen molar-refractivity contribution in [1.29, 1.82) is 5.41 Å². The summed E-state index contributed by atoms with van der Waals surface area (Å²) >= 11 is 1.39. The second-order valence-corrected chi connectivity index (χ2v) is 8.56. The van der Waals surface area contributed by atoms with E-state index in [9.17, 15) is 4.79 Å². The van der Waals surface area contributed by atoms with Crippen molar-refractivity contribution < 1.29 is 14.3 Å². The molecule has 0 aromatic heterocycles. The van der Waals surface area contributed by atoms with Gasteiger partial charge >= 0.3 is 0 Å². The molecule has 7 nitrogen and oxygen atoms in total. The highest BCUT2D eigenvalue weighted by atomic mass is 32.2. The second kappa shape index (κ2) is 13.2. The van der Waals surface area contributed by atoms with Gasteiger partial charge in [0.1, 0.15) is 5.71 Å². The first-order valence-electron chi connectivity index (χ1n) is 11.0. The van der Waals surface area contributed by atoms with Crippen molar-refractivity contribution in [2.24, 2.45) is 5.73 Å². The number of nitrogen functional groups attached to an aromatic ring is 1. The zero-order valence-corrected chi connectivity index (χ0v) is 20.3. The number of hydrogen-bond acceptors (Lipinski definition) is 7. The third-order valence-electron chi connectivity index (χ3n) is 4.87. The number of hydrogen-bond donors (Lipinski definition) is 4. The topological polar surface area (TPSA) is 123 Å². The SMILES string of the molecule is COCCOCCNc1cccc(C#CC(=N)c2ccc(Sc3ccccc3C(N)=O)cc2N)c1. The van der Waals surface area contributed by atoms with Crippen LogP contribution in [0.5, 0.6) is 0 Å². The molecule has 0 atom stereocenters. The summed E-state index contributed by atoms with van der Waals surface area (Å²) in [7, 11) is 1.64. The summed E-state index contributed by atoms with van der Waals surface area (Å²) in [6.45, 7) is 2.38. The minimum Gasteiger partial charge on any atom is -0.398 e. The Morgan fingerprint density at radius 2 is 1.86 bits per heavy atom. The Morgan fingerprint density at radius 1 is 1.03 bits per heavy atom. The van der Waals surface area contributed by atoms with E-state index in [4.69, 9.17) is 26.4 Å². The van der Waals surface area contributed by atoms with E-state index in [2.05, 4.69) is 17.2 Å². The first-order valence-corrected chi connectivity index (χ1v) is 11.8. The second-order valence-electron chi connectivity index (χ2n) is 7.45. The number of ether oxygens (including phenoxy) is 2. The zero-order valence-electron chi connectivity index (χ0n) is 19.5. The Bertz CT molecular complexity index is 1250. The number of benzene rings is 3. The number of nitrogens with two attached hydrogens (primary N) is 2. The molecule has 6 N–H and O–H groups in total. The van der Waals surface area contributed by atoms with Crippen LogP contribution in [-0.4, -0.2) is 45.1 Å². The number of amides is 1. The molecule has 180 valence electrons. The molecule has 0 saturated heterocycles. The lowest BCUT2D eigenvalue weighted by atomic mass is 10.1. The number of primary amides is 1. The summed E-state index contributed by atoms with van der Waals surface area (Å²) in [6.07, 6.45) is 0. The third kappa shape index (κ3) is 7.90. The molecule has 0 aliphatic heterocycles. The van der Waals surface area contributed by atoms with Crippen LogP contribution in [0.4, 0.5) is 11.4 Å². The van der Waals surface area contributed by atoms with E-state index in [-0.39, 0.29) is 5.71 Å². The van der Waals surface area contributed by atoms with Gasteiger partial charge in [0.15, 0.2) is 0 Å². The molecule has 35 heavy (non-hydrogen) atoms. The van der Waals surface area contributed by atoms with E-state index in [0.29, 0.717) is 43.2 Å². The van der Waals surface area contributed by atoms with Gasteiger partial charge in [-0.05, 0) is 54.5 Å². The van der Waals surface area contributed by atoms with Gasteiger partial charge < -0.3 is 26.3 Å². The number of methoxy groups -OCH3 is 1. The van der Waals surface area contributed by atoms with Gasteiger partial charge in [0, 0.05) is 45.9 Å². The largest absolute Gasteiger partial charge is 0.398 e. The first-order chi connectivity index (χ1) is 17.0. The van der Waals surface area contributed by atoms with Gasteiger partial charge in [-0.3, -0.25) is 10.2 Å². The predicted octanol–water partition coefficient (Wildman–Crippen LogP) is 4.01. The molecule has 8 heteroatoms. The van der Waals surface area contributed by atoms with E-state index >= 15 is 0 Å². The standard InChI is InChI=1S/C27H28N4O3S/c1-33-15-16-34-14-13-31-20-6-4-5-19(17-20)9-12-24(28)22-11-10-21(18-25(22)29)35-26-8-3-2-7-23(26)27(30)32/h2-8,10-11,17-18,28,31H,13-16,29H2,1H3,(H2,30,32). The van der Waals surface area contributed by atoms with E-state index in [1.807, 2.05) is 42.5 Å². The molecular weight excluding hydrogens is 460 g/mol. The highest BCUT2D eigenvalue weighted by molar-refractivity contribution is 7.99. The normalized spacial score (nSPS) is 10.3. The maximum atomic E-state index is 11.7. The number of carbonyl (C=O) groups excluding carboxylic acids is 1. The summed E-state index contributed by atoms with van der Waals surface area (Å²) in [4.78, 5) is 13.2. The van der Waals surface area contributed by atoms with Gasteiger partial charge in [-0.25, -0.2) is 0 Å². The van der Waals surface area contributed by atoms with Crippen LogP contribution in [0, 0.1) is 17.3 Å². The summed E-state index contributed by atoms with van der Waals surface area (Å²) in [5.41, 5.74) is 15.0. The van der Waals surface area contributed by atoms with Crippen molar-refractivity contribution in [3.63, 3.8) is 0 Å². The predicted molar refractivity (Wildman–Crippen MR) is 141 cm³/mol. The van der Waals surface area contributed by atoms with E-state index in [1.165, 1.54) is 11.8 Å². The highest BCUT2D eigenvalue weighted by Gasteiger charge is 2.11. The molecule has 0 heterocycles. The monoisotopic (exact) mass is 488 g/mol. The molecule has 3 aromatic rings. The minimum absolute atomic E-state index is 0.126. The number of carbonyl (C=O) groups is 1. The molecule has 0 unspecified atom stereocenters. The molecular formula is C27H28N4O3S. The Kier molecular flexibility index (Phi) is 9.75. The van der Waals surface area contributed by atoms with Gasteiger partial charge in [0.05, 0.1) is 25.4 Å². The van der Waals surface area contributed by atoms with Crippen LogP contribution in [0.2, 0.25) is 0 Å². The molecule has 0 radical (unpaired) electrons. The third-order valence-corrected chi connectivity index (χ3v) is 5.94. The lowest BCUT2D eigenvalue weighted by Crippen LogP contribution is -2.11. The fourth-order valence-electron chi connectivity index (χ4n) is 3.14. The van der Waals surface area contributed by atoms with Gasteiger partial charge in [0.25, 0.3) is 0 Å². The number of rotatable bonds is 11. The lowest BCUT2D eigenvalue weighted by molar-refractivity contribution is 0.0759. The summed E-state index contributed by atoms with van der Waals surface area (Å²) in [5.74, 6) is 5.43. The maximum Gasteiger partial charge on any atom is 0.249 e. The van der Waals surface area contributed by atoms with Gasteiger partial charge in [-0.15, -0.1) is 0 Å². The van der Waals surface area contributed by atoms with Crippen molar-refractivity contribution in [2.75, 3.05) is 44.5 Å². The number of nitrogens with one attached hydrogen (secondary N) is 2. The van der Waals surface area contributed by atoms with Crippen LogP contribution in [-0.2, 0) is 9.47 Å². The minimum atomic E-state index is -0.482. The van der Waals surface area contributed by atoms with Crippen LogP contribution >= 0.6 is 11.8 Å². The van der Waals surface area contributed by atoms with E-state index < -0.39 is 5.91 Å². The molecule has 1 amide bonds. The summed E-state index contributed by atoms with van der Waals surface area (Å²) in [5, 5.41) is 11.7. The summed E-state index contributed by atoms with van der Waals surface area (Å²) in [6, 6.07) is 20.2. The van der Waals surface area contributed by atoms with Gasteiger partial charge in [-0.2, -0.15) is 0 Å². The van der Waals surface area contributed by atoms with E-state index in [0.717, 1.165) is 21.0 Å². The zero-order chi connectivity index (χ0) is 25.0. The van der Waals surface area contributed by atoms with Crippen molar-refractivity contribution in [1.82, 2.24) is 0 Å². The van der Waals surface area contributed by atoms with Crippen LogP contribution in [0.1, 0.15) is 21.5 Å². The molecule has 3 rings (SSSR count). The Labute approximate surface area is 209 Å². The van der Waals surface area contributed by atoms with Crippen molar-refractivity contribution >= 4 is 34.8 Å². The van der Waals surface area contributed by atoms with Gasteiger partial charge in [0.2, 0.25) is 5.91 Å². The molecule has 0 spiro atoms. The molecule has 0 saturated carbocycles. The van der Waals surface area contributed by atoms with Crippen molar-refractivity contribution in [2.45, 2.75) is 9.79 Å². The first kappa shape index (κ1) is 25.8. The Balaban J connectivity index is 1.63. The fourth-order valence-corrected chi connectivity index (χ4v) is 4.14. The highest BCUT2D eigenvalue weighted by Crippen LogP contribution is 2.32. The average Bonchev–Trinajstić information content (AvgIpc) is 2.85. The molecule has 0 fully saturated rings. The fraction of sp³-hybridized carbons (Fsp3) is 0.185. The molecule has 0 aliphatic rings. The van der Waals surface area contributed by atoms with Crippen LogP contribution < -0.4 is 16.8 Å². The van der Waals surface area contributed by atoms with Crippen LogP contribution in [0.3, 0.4) is 0 Å². The Hall–Kier alpha value is -3.77. The summed E-state index contributed by atoms with van der Waals surface area (Å²) < 4.78 is 10.4.